The molecule has 0 unspecified atom stereocenters. The molecule has 0 radical (unpaired) electrons. The molecule has 0 atom stereocenters. The fourth-order valence-corrected chi connectivity index (χ4v) is 4.19. The van der Waals surface area contributed by atoms with Crippen LogP contribution in [0.5, 0.6) is 11.5 Å². The number of carbonyl (C=O) groups is 1. The van der Waals surface area contributed by atoms with Crippen LogP contribution in [0.15, 0.2) is 41.9 Å². The molecule has 0 saturated carbocycles. The summed E-state index contributed by atoms with van der Waals surface area (Å²) in [5.41, 5.74) is 0.971. The molecular formula is C17H15N3O3S2. The van der Waals surface area contributed by atoms with E-state index in [2.05, 4.69) is 10.3 Å². The number of methoxy groups -OCH3 is 1. The first-order valence-electron chi connectivity index (χ1n) is 7.65. The lowest BCUT2D eigenvalue weighted by Gasteiger charge is -2.08. The Labute approximate surface area is 151 Å². The second kappa shape index (κ2) is 6.73. The van der Waals surface area contributed by atoms with Gasteiger partial charge in [0, 0.05) is 17.6 Å². The van der Waals surface area contributed by atoms with E-state index in [0.717, 1.165) is 21.1 Å². The second-order valence-corrected chi connectivity index (χ2v) is 7.16. The van der Waals surface area contributed by atoms with Crippen LogP contribution in [-0.2, 0) is 0 Å². The van der Waals surface area contributed by atoms with Gasteiger partial charge >= 0.3 is 0 Å². The van der Waals surface area contributed by atoms with Gasteiger partial charge in [-0.25, -0.2) is 4.98 Å². The third kappa shape index (κ3) is 3.18. The van der Waals surface area contributed by atoms with Crippen molar-refractivity contribution in [2.75, 3.05) is 20.3 Å². The number of benzene rings is 1. The van der Waals surface area contributed by atoms with Crippen molar-refractivity contribution in [2.45, 2.75) is 0 Å². The minimum atomic E-state index is -0.110. The summed E-state index contributed by atoms with van der Waals surface area (Å²) >= 11 is 2.98. The lowest BCUT2D eigenvalue weighted by atomic mass is 10.3. The van der Waals surface area contributed by atoms with E-state index in [1.54, 1.807) is 18.4 Å². The van der Waals surface area contributed by atoms with E-state index >= 15 is 0 Å². The summed E-state index contributed by atoms with van der Waals surface area (Å²) in [5, 5.41) is 4.85. The first-order chi connectivity index (χ1) is 12.2. The quantitative estimate of drug-likeness (QED) is 0.526. The minimum absolute atomic E-state index is 0.110. The van der Waals surface area contributed by atoms with Crippen LogP contribution in [0.2, 0.25) is 0 Å². The van der Waals surface area contributed by atoms with Gasteiger partial charge < -0.3 is 14.8 Å². The Kier molecular flexibility index (Phi) is 4.29. The average molecular weight is 373 g/mol. The van der Waals surface area contributed by atoms with Crippen LogP contribution in [0.25, 0.3) is 15.3 Å². The maximum absolute atomic E-state index is 12.3. The van der Waals surface area contributed by atoms with Crippen LogP contribution in [0, 0.1) is 0 Å². The second-order valence-electron chi connectivity index (χ2n) is 5.25. The van der Waals surface area contributed by atoms with E-state index in [9.17, 15) is 4.79 Å². The molecule has 0 fully saturated rings. The number of carbonyl (C=O) groups excluding carboxylic acids is 1. The van der Waals surface area contributed by atoms with Gasteiger partial charge in [-0.3, -0.25) is 9.20 Å². The highest BCUT2D eigenvalue weighted by Crippen LogP contribution is 2.28. The van der Waals surface area contributed by atoms with Crippen molar-refractivity contribution < 1.29 is 14.3 Å². The Morgan fingerprint density at radius 2 is 2.20 bits per heavy atom. The number of aromatic nitrogens is 2. The molecule has 0 saturated heterocycles. The van der Waals surface area contributed by atoms with Crippen molar-refractivity contribution in [3.63, 3.8) is 0 Å². The summed E-state index contributed by atoms with van der Waals surface area (Å²) in [6.45, 7) is 0.810. The van der Waals surface area contributed by atoms with E-state index < -0.39 is 0 Å². The molecule has 4 aromatic rings. The van der Waals surface area contributed by atoms with E-state index in [-0.39, 0.29) is 5.91 Å². The number of nitrogens with zero attached hydrogens (tertiary/aromatic N) is 2. The molecule has 1 aromatic carbocycles. The molecule has 4 rings (SSSR count). The monoisotopic (exact) mass is 373 g/mol. The van der Waals surface area contributed by atoms with Crippen molar-refractivity contribution in [3.05, 3.63) is 46.8 Å². The minimum Gasteiger partial charge on any atom is -0.497 e. The number of ether oxygens (including phenoxy) is 2. The molecule has 8 heteroatoms. The number of thiazole rings is 1. The fraction of sp³-hybridized carbons (Fsp3) is 0.176. The number of hydrogen-bond acceptors (Lipinski definition) is 6. The van der Waals surface area contributed by atoms with Crippen LogP contribution in [0.1, 0.15) is 9.67 Å². The third-order valence-electron chi connectivity index (χ3n) is 3.66. The summed E-state index contributed by atoms with van der Waals surface area (Å²) in [6, 6.07) is 9.26. The van der Waals surface area contributed by atoms with E-state index in [0.29, 0.717) is 23.8 Å². The van der Waals surface area contributed by atoms with Crippen LogP contribution in [0.3, 0.4) is 0 Å². The maximum Gasteiger partial charge on any atom is 0.261 e. The fourth-order valence-electron chi connectivity index (χ4n) is 2.47. The molecule has 1 amide bonds. The van der Waals surface area contributed by atoms with Crippen LogP contribution >= 0.6 is 22.7 Å². The lowest BCUT2D eigenvalue weighted by molar-refractivity contribution is 0.0951. The largest absolute Gasteiger partial charge is 0.497 e. The van der Waals surface area contributed by atoms with E-state index in [1.807, 2.05) is 46.3 Å². The highest BCUT2D eigenvalue weighted by molar-refractivity contribution is 7.21. The molecule has 3 heterocycles. The van der Waals surface area contributed by atoms with Crippen LogP contribution < -0.4 is 14.8 Å². The zero-order valence-electron chi connectivity index (χ0n) is 13.4. The number of imidazole rings is 1. The van der Waals surface area contributed by atoms with Gasteiger partial charge in [0.1, 0.15) is 22.9 Å². The number of thiophene rings is 1. The zero-order valence-corrected chi connectivity index (χ0v) is 15.0. The summed E-state index contributed by atoms with van der Waals surface area (Å²) in [5.74, 6) is 1.34. The number of hydrogen-bond donors (Lipinski definition) is 1. The van der Waals surface area contributed by atoms with Crippen molar-refractivity contribution >= 4 is 43.9 Å². The molecule has 3 aromatic heterocycles. The predicted octanol–water partition coefficient (Wildman–Crippen LogP) is 3.43. The van der Waals surface area contributed by atoms with Gasteiger partial charge in [0.2, 0.25) is 0 Å². The SMILES string of the molecule is COc1cccc(OCCNC(=O)c2cc3c(nc4sccn43)s2)c1. The first-order valence-corrected chi connectivity index (χ1v) is 9.34. The van der Waals surface area contributed by atoms with E-state index in [4.69, 9.17) is 9.47 Å². The highest BCUT2D eigenvalue weighted by atomic mass is 32.1. The molecule has 25 heavy (non-hydrogen) atoms. The molecule has 0 bridgehead atoms. The van der Waals surface area contributed by atoms with Crippen LogP contribution in [0.4, 0.5) is 0 Å². The van der Waals surface area contributed by atoms with Crippen LogP contribution in [-0.4, -0.2) is 35.6 Å². The Balaban J connectivity index is 1.34. The molecule has 0 aliphatic carbocycles. The number of fused-ring (bicyclic) bond motifs is 3. The van der Waals surface area contributed by atoms with Gasteiger partial charge in [0.25, 0.3) is 5.91 Å². The van der Waals surface area contributed by atoms with Crippen molar-refractivity contribution in [1.82, 2.24) is 14.7 Å². The topological polar surface area (TPSA) is 64.9 Å². The normalized spacial score (nSPS) is 11.1. The summed E-state index contributed by atoms with van der Waals surface area (Å²) in [4.78, 5) is 19.3. The van der Waals surface area contributed by atoms with Gasteiger partial charge in [0.05, 0.1) is 24.0 Å². The summed E-state index contributed by atoms with van der Waals surface area (Å²) in [6.07, 6.45) is 1.96. The Bertz CT molecular complexity index is 1030. The Morgan fingerprint density at radius 1 is 1.32 bits per heavy atom. The maximum atomic E-state index is 12.3. The Hall–Kier alpha value is -2.58. The first kappa shape index (κ1) is 15.9. The molecule has 128 valence electrons. The van der Waals surface area contributed by atoms with Gasteiger partial charge in [-0.05, 0) is 18.2 Å². The zero-order chi connectivity index (χ0) is 17.2. The van der Waals surface area contributed by atoms with Crippen molar-refractivity contribution in [3.8, 4) is 11.5 Å². The summed E-state index contributed by atoms with van der Waals surface area (Å²) in [7, 11) is 1.61. The molecule has 6 nitrogen and oxygen atoms in total. The van der Waals surface area contributed by atoms with Gasteiger partial charge in [-0.1, -0.05) is 6.07 Å². The highest BCUT2D eigenvalue weighted by Gasteiger charge is 2.14. The molecule has 0 aliphatic heterocycles. The number of rotatable bonds is 6. The number of nitrogens with one attached hydrogen (secondary N) is 1. The third-order valence-corrected chi connectivity index (χ3v) is 5.43. The van der Waals surface area contributed by atoms with Gasteiger partial charge in [0.15, 0.2) is 4.96 Å². The smallest absolute Gasteiger partial charge is 0.261 e. The lowest BCUT2D eigenvalue weighted by Crippen LogP contribution is -2.27. The molecular weight excluding hydrogens is 358 g/mol. The molecule has 0 aliphatic rings. The standard InChI is InChI=1S/C17H15N3O3S2/c1-22-11-3-2-4-12(9-11)23-7-5-18-15(21)14-10-13-16(25-14)19-17-20(13)6-8-24-17/h2-4,6,8-10H,5,7H2,1H3,(H,18,21). The van der Waals surface area contributed by atoms with Crippen molar-refractivity contribution in [1.29, 1.82) is 0 Å². The molecule has 1 N–H and O–H groups in total. The molecule has 0 spiro atoms. The predicted molar refractivity (Wildman–Crippen MR) is 99.3 cm³/mol. The number of amides is 1. The Morgan fingerprint density at radius 3 is 3.08 bits per heavy atom. The van der Waals surface area contributed by atoms with Crippen molar-refractivity contribution in [2.24, 2.45) is 0 Å². The average Bonchev–Trinajstić information content (AvgIpc) is 3.30. The summed E-state index contributed by atoms with van der Waals surface area (Å²) < 4.78 is 12.8. The van der Waals surface area contributed by atoms with Gasteiger partial charge in [-0.2, -0.15) is 0 Å². The van der Waals surface area contributed by atoms with E-state index in [1.165, 1.54) is 11.3 Å². The van der Waals surface area contributed by atoms with Gasteiger partial charge in [-0.15, -0.1) is 22.7 Å².